The molecule has 1 aliphatic heterocycles. The Balaban J connectivity index is 0.00000325. The Kier molecular flexibility index (Phi) is 13.9. The zero-order valence-electron chi connectivity index (χ0n) is 29.2. The molecule has 0 aromatic carbocycles. The zero-order chi connectivity index (χ0) is 35.0. The minimum Gasteiger partial charge on any atom is -0.459 e. The molecule has 1 amide bonds. The van der Waals surface area contributed by atoms with Gasteiger partial charge in [-0.3, -0.25) is 9.59 Å². The van der Waals surface area contributed by atoms with Crippen molar-refractivity contribution in [2.24, 2.45) is 28.6 Å². The number of aliphatic hydroxyl groups excluding tert-OH is 3. The molecule has 49 heavy (non-hydrogen) atoms. The summed E-state index contributed by atoms with van der Waals surface area (Å²) in [5, 5.41) is 61.6. The van der Waals surface area contributed by atoms with E-state index in [9.17, 15) is 44.7 Å². The van der Waals surface area contributed by atoms with E-state index >= 15 is 0 Å². The normalized spacial score (nSPS) is 38.8. The van der Waals surface area contributed by atoms with Crippen molar-refractivity contribution in [1.29, 1.82) is 0 Å². The van der Waals surface area contributed by atoms with Crippen molar-refractivity contribution in [2.75, 3.05) is 13.2 Å². The van der Waals surface area contributed by atoms with E-state index in [2.05, 4.69) is 5.32 Å². The van der Waals surface area contributed by atoms with Crippen molar-refractivity contribution in [2.45, 2.75) is 128 Å². The van der Waals surface area contributed by atoms with Crippen LogP contribution < -0.4 is 5.32 Å². The third kappa shape index (κ3) is 7.39. The number of amides is 1. The molecule has 2 bridgehead atoms. The fourth-order valence-electron chi connectivity index (χ4n) is 8.48. The van der Waals surface area contributed by atoms with Crippen molar-refractivity contribution in [3.05, 3.63) is 11.1 Å². The summed E-state index contributed by atoms with van der Waals surface area (Å²) in [5.74, 6) is -4.39. The molecule has 270 valence electrons. The van der Waals surface area contributed by atoms with Crippen molar-refractivity contribution >= 4 is 23.8 Å². The van der Waals surface area contributed by atoms with Crippen molar-refractivity contribution < 1.29 is 152 Å². The summed E-state index contributed by atoms with van der Waals surface area (Å²) < 4.78 is 22.3. The van der Waals surface area contributed by atoms with Crippen LogP contribution >= 0.6 is 0 Å². The molecule has 4 fully saturated rings. The van der Waals surface area contributed by atoms with Crippen LogP contribution in [0.2, 0.25) is 0 Å². The third-order valence-corrected chi connectivity index (χ3v) is 11.5. The summed E-state index contributed by atoms with van der Waals surface area (Å²) in [6.45, 7) is 10.7. The van der Waals surface area contributed by atoms with Crippen molar-refractivity contribution in [3.8, 4) is 0 Å². The molecule has 0 aromatic heterocycles. The van der Waals surface area contributed by atoms with Gasteiger partial charge >= 0.3 is 18.0 Å². The molecule has 3 saturated carbocycles. The largest absolute Gasteiger partial charge is 0.459 e. The first-order chi connectivity index (χ1) is 21.7. The van der Waals surface area contributed by atoms with Crippen LogP contribution in [0.1, 0.15) is 74.1 Å². The molecule has 16 heteroatoms. The molecule has 1 saturated heterocycles. The number of aliphatic hydroxyl groups is 5. The van der Waals surface area contributed by atoms with Gasteiger partial charge in [-0.05, 0) is 49.7 Å². The fourth-order valence-corrected chi connectivity index (χ4v) is 8.48. The molecule has 0 aromatic rings. The summed E-state index contributed by atoms with van der Waals surface area (Å²) in [7, 11) is 0. The van der Waals surface area contributed by atoms with Crippen LogP contribution in [-0.2, 0) is 33.3 Å². The molecule has 14 nitrogen and oxygen atoms in total. The van der Waals surface area contributed by atoms with E-state index in [-0.39, 0.29) is 131 Å². The topological polar surface area (TPSA) is 218 Å². The van der Waals surface area contributed by atoms with Gasteiger partial charge in [-0.2, -0.15) is 0 Å². The quantitative estimate of drug-likeness (QED) is 0.110. The van der Waals surface area contributed by atoms with E-state index in [1.54, 1.807) is 13.8 Å². The first-order valence-electron chi connectivity index (χ1n) is 16.4. The standard InChI is InChI=1S/C33H49NO13.2Ac/c1-14(2)12-44-29(41)34-22(17-8-9-17)24(38)28(40)47-18-11-33(43)27(46-16(4)35)25-31(7,19(36)10-20-32(25,42)13-45-20)26(39)23(37)21(15(18)3)30(33,5)6;;/h14,17-20,22-25,27,36-38,42-43H,8-13H2,1-7H3,(H,34,41);;/t18-,19-,20+,22-,23+,24+,25-,27-,31+,32-,33+;;/m0../s1. The number of carbonyl (C=O) groups is 4. The SMILES string of the molecule is CC(=O)O[C@H]1[C@@H]2[C@]3(O)CO[C@@H]3C[C@H](O)[C@@]2(C)C(=O)[C@H](O)C2=C(C)[C@@H](OC(=O)[C@H](O)[C@@H](NC(=O)OCC(C)C)C3CC3)C[C@]1(O)C2(C)C.[Ac].[Ac]. The molecule has 5 aliphatic rings. The number of hydrogen-bond donors (Lipinski definition) is 6. The number of fused-ring (bicyclic) bond motifs is 5. The summed E-state index contributed by atoms with van der Waals surface area (Å²) in [4.78, 5) is 52.9. The van der Waals surface area contributed by atoms with Gasteiger partial charge in [0.2, 0.25) is 0 Å². The van der Waals surface area contributed by atoms with Gasteiger partial charge in [0.1, 0.15) is 29.5 Å². The Morgan fingerprint density at radius 3 is 2.18 bits per heavy atom. The summed E-state index contributed by atoms with van der Waals surface area (Å²) >= 11 is 0. The molecule has 0 spiro atoms. The van der Waals surface area contributed by atoms with E-state index < -0.39 is 101 Å². The number of rotatable bonds is 8. The minimum atomic E-state index is -2.20. The average molecular weight is 1120 g/mol. The predicted octanol–water partition coefficient (Wildman–Crippen LogP) is 0.290. The Bertz CT molecular complexity index is 1350. The molecule has 5 rings (SSSR count). The Labute approximate surface area is 357 Å². The summed E-state index contributed by atoms with van der Waals surface area (Å²) in [6, 6.07) is -1.01. The number of esters is 2. The summed E-state index contributed by atoms with van der Waals surface area (Å²) in [5.41, 5.74) is -7.19. The van der Waals surface area contributed by atoms with Crippen molar-refractivity contribution in [3.63, 3.8) is 0 Å². The van der Waals surface area contributed by atoms with Crippen LogP contribution in [0.25, 0.3) is 0 Å². The molecule has 4 aliphatic carbocycles. The Hall–Kier alpha value is 0.263. The molecule has 0 unspecified atom stereocenters. The Morgan fingerprint density at radius 2 is 1.67 bits per heavy atom. The van der Waals surface area contributed by atoms with Crippen molar-refractivity contribution in [1.82, 2.24) is 5.32 Å². The number of alkyl carbamates (subject to hydrolysis) is 1. The van der Waals surface area contributed by atoms with E-state index in [1.807, 2.05) is 13.8 Å². The van der Waals surface area contributed by atoms with Gasteiger partial charge in [-0.25, -0.2) is 9.59 Å². The van der Waals surface area contributed by atoms with Gasteiger partial charge in [0.15, 0.2) is 11.9 Å². The number of ketones is 1. The molecule has 1 heterocycles. The van der Waals surface area contributed by atoms with Crippen LogP contribution in [-0.4, -0.2) is 116 Å². The molecule has 2 radical (unpaired) electrons. The molecular formula is C33H49Ac2NO13. The molecular weight excluding hydrogens is 1070 g/mol. The zero-order valence-corrected chi connectivity index (χ0v) is 38.7. The van der Waals surface area contributed by atoms with Gasteiger partial charge < -0.3 is 49.8 Å². The van der Waals surface area contributed by atoms with Gasteiger partial charge in [0.05, 0.1) is 36.9 Å². The second-order valence-corrected chi connectivity index (χ2v) is 15.3. The van der Waals surface area contributed by atoms with Crippen LogP contribution in [0.15, 0.2) is 11.1 Å². The van der Waals surface area contributed by atoms with E-state index in [1.165, 1.54) is 13.8 Å². The summed E-state index contributed by atoms with van der Waals surface area (Å²) in [6.07, 6.45) is -9.13. The maximum atomic E-state index is 14.3. The van der Waals surface area contributed by atoms with Crippen LogP contribution in [0.3, 0.4) is 0 Å². The maximum Gasteiger partial charge on any atom is 0.407 e. The first-order valence-corrected chi connectivity index (χ1v) is 16.4. The predicted molar refractivity (Wildman–Crippen MR) is 161 cm³/mol. The number of nitrogens with one attached hydrogen (secondary N) is 1. The second kappa shape index (κ2) is 15.6. The molecule has 11 atom stereocenters. The van der Waals surface area contributed by atoms with Gasteiger partial charge in [0.25, 0.3) is 0 Å². The smallest absolute Gasteiger partial charge is 0.407 e. The van der Waals surface area contributed by atoms with Gasteiger partial charge in [0, 0.05) is 119 Å². The maximum absolute atomic E-state index is 14.3. The van der Waals surface area contributed by atoms with E-state index in [0.717, 1.165) is 6.92 Å². The first kappa shape index (κ1) is 43.7. The van der Waals surface area contributed by atoms with Gasteiger partial charge in [-0.15, -0.1) is 0 Å². The van der Waals surface area contributed by atoms with E-state index in [4.69, 9.17) is 18.9 Å². The number of ether oxygens (including phenoxy) is 4. The second-order valence-electron chi connectivity index (χ2n) is 15.3. The Morgan fingerprint density at radius 1 is 1.06 bits per heavy atom. The fraction of sp³-hybridized carbons (Fsp3) is 0.818. The minimum absolute atomic E-state index is 0. The monoisotopic (exact) mass is 1120 g/mol. The van der Waals surface area contributed by atoms with Gasteiger partial charge in [-0.1, -0.05) is 27.7 Å². The third-order valence-electron chi connectivity index (χ3n) is 11.5. The number of Topliss-reactive ketones (excluding diaryl/α,β-unsaturated/α-hetero) is 1. The van der Waals surface area contributed by atoms with Crippen LogP contribution in [0.4, 0.5) is 4.79 Å². The van der Waals surface area contributed by atoms with E-state index in [0.29, 0.717) is 12.8 Å². The molecule has 6 N–H and O–H groups in total. The van der Waals surface area contributed by atoms with Crippen LogP contribution in [0, 0.1) is 117 Å². The average Bonchev–Trinajstić information content (AvgIpc) is 3.82. The van der Waals surface area contributed by atoms with Crippen LogP contribution in [0.5, 0.6) is 0 Å². The number of hydrogen-bond acceptors (Lipinski definition) is 13. The number of carbonyl (C=O) groups excluding carboxylic acids is 4.